The van der Waals surface area contributed by atoms with Gasteiger partial charge in [-0.3, -0.25) is 4.40 Å². The van der Waals surface area contributed by atoms with Gasteiger partial charge in [0.05, 0.1) is 16.6 Å². The minimum atomic E-state index is 1.03. The molecule has 10 aromatic rings. The number of hydrogen-bond donors (Lipinski definition) is 0. The van der Waals surface area contributed by atoms with Crippen molar-refractivity contribution < 1.29 is 0 Å². The lowest BCUT2D eigenvalue weighted by molar-refractivity contribution is 1.30. The molecule has 0 aliphatic heterocycles. The van der Waals surface area contributed by atoms with Crippen LogP contribution in [0, 0.1) is 0 Å². The summed E-state index contributed by atoms with van der Waals surface area (Å²) in [6.07, 6.45) is 0. The zero-order chi connectivity index (χ0) is 25.9. The van der Waals surface area contributed by atoms with E-state index in [1.165, 1.54) is 80.0 Å². The summed E-state index contributed by atoms with van der Waals surface area (Å²) in [5.41, 5.74) is 7.07. The fourth-order valence-corrected chi connectivity index (χ4v) is 8.12. The highest BCUT2D eigenvalue weighted by molar-refractivity contribution is 7.26. The van der Waals surface area contributed by atoms with Crippen LogP contribution in [0.2, 0.25) is 0 Å². The van der Waals surface area contributed by atoms with Crippen molar-refractivity contribution in [1.82, 2.24) is 9.38 Å². The normalized spacial score (nSPS) is 12.5. The fourth-order valence-electron chi connectivity index (χ4n) is 6.97. The first-order chi connectivity index (χ1) is 19.8. The second-order valence-corrected chi connectivity index (χ2v) is 11.8. The molecule has 0 unspecified atom stereocenters. The molecule has 0 saturated heterocycles. The Morgan fingerprint density at radius 1 is 0.525 bits per heavy atom. The Balaban J connectivity index is 1.45. The molecule has 10 rings (SSSR count). The zero-order valence-electron chi connectivity index (χ0n) is 21.3. The van der Waals surface area contributed by atoms with Crippen LogP contribution in [-0.2, 0) is 0 Å². The first-order valence-electron chi connectivity index (χ1n) is 13.6. The first kappa shape index (κ1) is 20.9. The van der Waals surface area contributed by atoms with Crippen molar-refractivity contribution in [2.45, 2.75) is 0 Å². The van der Waals surface area contributed by atoms with Crippen LogP contribution in [0.4, 0.5) is 0 Å². The third-order valence-corrected chi connectivity index (χ3v) is 9.79. The van der Waals surface area contributed by atoms with E-state index in [1.54, 1.807) is 0 Å². The first-order valence-corrected chi connectivity index (χ1v) is 14.5. The van der Waals surface area contributed by atoms with Gasteiger partial charge < -0.3 is 0 Å². The third-order valence-electron chi connectivity index (χ3n) is 8.68. The van der Waals surface area contributed by atoms with Crippen LogP contribution in [-0.4, -0.2) is 9.38 Å². The predicted octanol–water partition coefficient (Wildman–Crippen LogP) is 10.6. The van der Waals surface area contributed by atoms with Crippen molar-refractivity contribution in [1.29, 1.82) is 0 Å². The maximum Gasteiger partial charge on any atom is 0.146 e. The average molecular weight is 525 g/mol. The van der Waals surface area contributed by atoms with Gasteiger partial charge in [-0.25, -0.2) is 4.98 Å². The molecule has 184 valence electrons. The minimum Gasteiger partial charge on any atom is -0.293 e. The molecule has 0 aliphatic carbocycles. The lowest BCUT2D eigenvalue weighted by atomic mass is 9.96. The van der Waals surface area contributed by atoms with Crippen molar-refractivity contribution in [3.63, 3.8) is 0 Å². The van der Waals surface area contributed by atoms with Crippen molar-refractivity contribution in [2.24, 2.45) is 0 Å². The smallest absolute Gasteiger partial charge is 0.146 e. The van der Waals surface area contributed by atoms with E-state index in [9.17, 15) is 0 Å². The van der Waals surface area contributed by atoms with Crippen LogP contribution < -0.4 is 0 Å². The van der Waals surface area contributed by atoms with E-state index >= 15 is 0 Å². The molecule has 6 aromatic carbocycles. The number of rotatable bonds is 1. The van der Waals surface area contributed by atoms with Crippen molar-refractivity contribution in [3.05, 3.63) is 121 Å². The lowest BCUT2D eigenvalue weighted by Gasteiger charge is -2.08. The third kappa shape index (κ3) is 2.56. The molecule has 4 heterocycles. The van der Waals surface area contributed by atoms with E-state index in [0.29, 0.717) is 0 Å². The van der Waals surface area contributed by atoms with Crippen LogP contribution in [0.15, 0.2) is 121 Å². The Bertz CT molecular complexity index is 2650. The molecule has 0 fully saturated rings. The Hall–Kier alpha value is -4.99. The molecule has 4 aromatic heterocycles. The van der Waals surface area contributed by atoms with Crippen molar-refractivity contribution in [3.8, 4) is 11.1 Å². The summed E-state index contributed by atoms with van der Waals surface area (Å²) in [4.78, 5) is 5.24. The Labute approximate surface area is 232 Å². The van der Waals surface area contributed by atoms with Crippen molar-refractivity contribution in [2.75, 3.05) is 0 Å². The van der Waals surface area contributed by atoms with E-state index in [-0.39, 0.29) is 0 Å². The SMILES string of the molecule is c1ccc2nc3c(cc2c1)c1cc2sc4ccccc4c2c2c4cc(-c5cccc6ccccc56)ccc4n3c12. The maximum atomic E-state index is 5.24. The molecule has 2 nitrogen and oxygen atoms in total. The molecular weight excluding hydrogens is 504 g/mol. The number of pyridine rings is 1. The summed E-state index contributed by atoms with van der Waals surface area (Å²) in [6.45, 7) is 0. The summed E-state index contributed by atoms with van der Waals surface area (Å²) in [6, 6.07) is 44.3. The number of thiophene rings is 1. The van der Waals surface area contributed by atoms with E-state index in [0.717, 1.165) is 11.2 Å². The highest BCUT2D eigenvalue weighted by Gasteiger charge is 2.23. The molecule has 40 heavy (non-hydrogen) atoms. The van der Waals surface area contributed by atoms with Gasteiger partial charge in [-0.1, -0.05) is 84.9 Å². The second kappa shape index (κ2) is 7.35. The number of aromatic nitrogens is 2. The van der Waals surface area contributed by atoms with Crippen LogP contribution in [0.5, 0.6) is 0 Å². The molecular formula is C37H20N2S. The second-order valence-electron chi connectivity index (χ2n) is 10.8. The highest BCUT2D eigenvalue weighted by Crippen LogP contribution is 2.48. The van der Waals surface area contributed by atoms with Crippen LogP contribution >= 0.6 is 11.3 Å². The van der Waals surface area contributed by atoms with Gasteiger partial charge in [-0.2, -0.15) is 0 Å². The highest BCUT2D eigenvalue weighted by atomic mass is 32.1. The summed E-state index contributed by atoms with van der Waals surface area (Å²) >= 11 is 1.89. The van der Waals surface area contributed by atoms with Gasteiger partial charge in [0, 0.05) is 47.1 Å². The van der Waals surface area contributed by atoms with E-state index in [2.05, 4.69) is 126 Å². The van der Waals surface area contributed by atoms with Gasteiger partial charge in [0.1, 0.15) is 5.65 Å². The number of nitrogens with zero attached hydrogens (tertiary/aromatic N) is 2. The summed E-state index contributed by atoms with van der Waals surface area (Å²) in [5, 5.41) is 11.5. The molecule has 3 heteroatoms. The van der Waals surface area contributed by atoms with Crippen molar-refractivity contribution >= 4 is 91.4 Å². The Morgan fingerprint density at radius 2 is 1.32 bits per heavy atom. The molecule has 0 bridgehead atoms. The number of benzene rings is 6. The van der Waals surface area contributed by atoms with E-state index in [1.807, 2.05) is 11.3 Å². The van der Waals surface area contributed by atoms with Gasteiger partial charge >= 0.3 is 0 Å². The maximum absolute atomic E-state index is 5.24. The van der Waals surface area contributed by atoms with E-state index in [4.69, 9.17) is 4.98 Å². The van der Waals surface area contributed by atoms with Crippen LogP contribution in [0.1, 0.15) is 0 Å². The minimum absolute atomic E-state index is 1.03. The monoisotopic (exact) mass is 524 g/mol. The van der Waals surface area contributed by atoms with Gasteiger partial charge in [-0.05, 0) is 58.3 Å². The zero-order valence-corrected chi connectivity index (χ0v) is 22.2. The predicted molar refractivity (Wildman–Crippen MR) is 172 cm³/mol. The van der Waals surface area contributed by atoms with Gasteiger partial charge in [0.25, 0.3) is 0 Å². The fraction of sp³-hybridized carbons (Fsp3) is 0. The summed E-state index contributed by atoms with van der Waals surface area (Å²) < 4.78 is 5.08. The van der Waals surface area contributed by atoms with Gasteiger partial charge in [0.15, 0.2) is 0 Å². The summed E-state index contributed by atoms with van der Waals surface area (Å²) in [7, 11) is 0. The molecule has 0 saturated carbocycles. The molecule has 0 N–H and O–H groups in total. The van der Waals surface area contributed by atoms with Crippen LogP contribution in [0.3, 0.4) is 0 Å². The quantitative estimate of drug-likeness (QED) is 0.209. The molecule has 0 spiro atoms. The van der Waals surface area contributed by atoms with Crippen LogP contribution in [0.25, 0.3) is 91.2 Å². The Morgan fingerprint density at radius 3 is 2.27 bits per heavy atom. The molecule has 0 aliphatic rings. The molecule has 0 atom stereocenters. The topological polar surface area (TPSA) is 17.3 Å². The molecule has 0 radical (unpaired) electrons. The number of fused-ring (bicyclic) bond motifs is 12. The van der Waals surface area contributed by atoms with Gasteiger partial charge in [-0.15, -0.1) is 11.3 Å². The summed E-state index contributed by atoms with van der Waals surface area (Å²) in [5.74, 6) is 0. The largest absolute Gasteiger partial charge is 0.293 e. The number of para-hydroxylation sites is 1. The van der Waals surface area contributed by atoms with Gasteiger partial charge in [0.2, 0.25) is 0 Å². The molecule has 0 amide bonds. The lowest BCUT2D eigenvalue weighted by Crippen LogP contribution is -1.86. The Kier molecular flexibility index (Phi) is 3.84. The standard InChI is InChI=1S/C37H20N2S/c1-3-11-24-21(8-1)10-7-13-25(24)22-16-17-31-29(18-22)35-34-26-12-4-6-15-32(26)40-33(34)20-27-28-19-23-9-2-5-14-30(23)38-37(28)39(31)36(27)35/h1-20H. The van der Waals surface area contributed by atoms with E-state index < -0.39 is 0 Å². The average Bonchev–Trinajstić information content (AvgIpc) is 3.65. The number of hydrogen-bond acceptors (Lipinski definition) is 2.